The van der Waals surface area contributed by atoms with E-state index in [4.69, 9.17) is 16.3 Å². The van der Waals surface area contributed by atoms with E-state index >= 15 is 0 Å². The van der Waals surface area contributed by atoms with Crippen molar-refractivity contribution in [3.8, 4) is 0 Å². The van der Waals surface area contributed by atoms with Gasteiger partial charge in [-0.05, 0) is 19.4 Å². The number of rotatable bonds is 5. The Morgan fingerprint density at radius 2 is 2.21 bits per heavy atom. The molecule has 0 N–H and O–H groups in total. The zero-order chi connectivity index (χ0) is 10.4. The molecule has 0 aromatic carbocycles. The second-order valence-corrected chi connectivity index (χ2v) is 3.54. The van der Waals surface area contributed by atoms with Gasteiger partial charge in [0.2, 0.25) is 0 Å². The summed E-state index contributed by atoms with van der Waals surface area (Å²) in [6.45, 7) is 5.22. The lowest BCUT2D eigenvalue weighted by Gasteiger charge is -2.03. The van der Waals surface area contributed by atoms with Crippen LogP contribution >= 0.6 is 11.6 Å². The Balaban J connectivity index is 2.42. The highest BCUT2D eigenvalue weighted by atomic mass is 35.5. The fraction of sp³-hybridized carbons (Fsp3) is 0.600. The average Bonchev–Trinajstić information content (AvgIpc) is 2.11. The van der Waals surface area contributed by atoms with Gasteiger partial charge in [0.25, 0.3) is 0 Å². The molecule has 0 unspecified atom stereocenters. The zero-order valence-corrected chi connectivity index (χ0v) is 9.34. The van der Waals surface area contributed by atoms with E-state index in [1.165, 1.54) is 0 Å². The van der Waals surface area contributed by atoms with Crippen LogP contribution in [0.2, 0.25) is 5.15 Å². The molecule has 0 aliphatic carbocycles. The smallest absolute Gasteiger partial charge is 0.155 e. The minimum absolute atomic E-state index is 0.446. The monoisotopic (exact) mass is 214 g/mol. The number of aryl methyl sites for hydroxylation is 1. The van der Waals surface area contributed by atoms with Gasteiger partial charge in [-0.1, -0.05) is 24.9 Å². The van der Waals surface area contributed by atoms with E-state index in [0.717, 1.165) is 25.1 Å². The van der Waals surface area contributed by atoms with Gasteiger partial charge in [-0.3, -0.25) is 0 Å². The van der Waals surface area contributed by atoms with Crippen LogP contribution in [0.1, 0.15) is 31.3 Å². The minimum Gasteiger partial charge on any atom is -0.373 e. The summed E-state index contributed by atoms with van der Waals surface area (Å²) in [4.78, 5) is 8.27. The number of ether oxygens (including phenoxy) is 1. The number of aromatic nitrogens is 2. The van der Waals surface area contributed by atoms with E-state index in [1.807, 2.05) is 6.92 Å². The fourth-order valence-electron chi connectivity index (χ4n) is 1.06. The number of hydrogen-bond acceptors (Lipinski definition) is 3. The second kappa shape index (κ2) is 5.94. The van der Waals surface area contributed by atoms with E-state index < -0.39 is 0 Å². The summed E-state index contributed by atoms with van der Waals surface area (Å²) in [5.74, 6) is 0.658. The second-order valence-electron chi connectivity index (χ2n) is 3.15. The van der Waals surface area contributed by atoms with E-state index in [0.29, 0.717) is 17.6 Å². The molecule has 0 saturated carbocycles. The molecule has 1 aromatic rings. The lowest BCUT2D eigenvalue weighted by Crippen LogP contribution is -2.01. The Kier molecular flexibility index (Phi) is 4.84. The van der Waals surface area contributed by atoms with Crippen molar-refractivity contribution in [3.63, 3.8) is 0 Å². The van der Waals surface area contributed by atoms with Gasteiger partial charge in [-0.2, -0.15) is 0 Å². The first-order valence-corrected chi connectivity index (χ1v) is 5.18. The normalized spacial score (nSPS) is 10.5. The van der Waals surface area contributed by atoms with Crippen molar-refractivity contribution >= 4 is 11.6 Å². The molecule has 0 spiro atoms. The topological polar surface area (TPSA) is 35.0 Å². The van der Waals surface area contributed by atoms with Crippen LogP contribution in [0, 0.1) is 6.92 Å². The molecule has 0 saturated heterocycles. The molecule has 0 atom stereocenters. The highest BCUT2D eigenvalue weighted by Gasteiger charge is 2.00. The summed E-state index contributed by atoms with van der Waals surface area (Å²) in [7, 11) is 0. The third kappa shape index (κ3) is 4.03. The third-order valence-electron chi connectivity index (χ3n) is 1.74. The third-order valence-corrected chi connectivity index (χ3v) is 1.94. The molecule has 78 valence electrons. The van der Waals surface area contributed by atoms with E-state index in [2.05, 4.69) is 16.9 Å². The first kappa shape index (κ1) is 11.4. The summed E-state index contributed by atoms with van der Waals surface area (Å²) in [5.41, 5.74) is 0.874. The van der Waals surface area contributed by atoms with E-state index in [9.17, 15) is 0 Å². The highest BCUT2D eigenvalue weighted by molar-refractivity contribution is 6.29. The summed E-state index contributed by atoms with van der Waals surface area (Å²) in [6, 6.07) is 1.73. The first-order valence-electron chi connectivity index (χ1n) is 4.80. The maximum atomic E-state index is 5.78. The van der Waals surface area contributed by atoms with E-state index in [1.54, 1.807) is 6.07 Å². The van der Waals surface area contributed by atoms with E-state index in [-0.39, 0.29) is 0 Å². The molecule has 0 bridgehead atoms. The van der Waals surface area contributed by atoms with Crippen molar-refractivity contribution < 1.29 is 4.74 Å². The molecule has 14 heavy (non-hydrogen) atoms. The van der Waals surface area contributed by atoms with Crippen LogP contribution < -0.4 is 0 Å². The van der Waals surface area contributed by atoms with Gasteiger partial charge in [0, 0.05) is 12.3 Å². The van der Waals surface area contributed by atoms with Crippen molar-refractivity contribution in [2.24, 2.45) is 0 Å². The summed E-state index contributed by atoms with van der Waals surface area (Å²) in [6.07, 6.45) is 2.20. The van der Waals surface area contributed by atoms with Crippen molar-refractivity contribution in [1.29, 1.82) is 0 Å². The molecule has 0 aliphatic rings. The van der Waals surface area contributed by atoms with Crippen LogP contribution in [-0.4, -0.2) is 16.6 Å². The van der Waals surface area contributed by atoms with Gasteiger partial charge in [-0.25, -0.2) is 9.97 Å². The number of halogens is 1. The molecule has 3 nitrogen and oxygen atoms in total. The maximum Gasteiger partial charge on any atom is 0.155 e. The van der Waals surface area contributed by atoms with Crippen LogP contribution in [0.15, 0.2) is 6.07 Å². The Bertz CT molecular complexity index is 271. The molecule has 4 heteroatoms. The Hall–Kier alpha value is -0.670. The maximum absolute atomic E-state index is 5.78. The lowest BCUT2D eigenvalue weighted by molar-refractivity contribution is 0.112. The minimum atomic E-state index is 0.446. The number of nitrogens with zero attached hydrogens (tertiary/aromatic N) is 2. The quantitative estimate of drug-likeness (QED) is 0.559. The SMILES string of the molecule is CCCCOCc1nc(C)cc(Cl)n1. The zero-order valence-electron chi connectivity index (χ0n) is 8.59. The fourth-order valence-corrected chi connectivity index (χ4v) is 1.32. The molecule has 0 aliphatic heterocycles. The van der Waals surface area contributed by atoms with Crippen LogP contribution in [-0.2, 0) is 11.3 Å². The number of unbranched alkanes of at least 4 members (excludes halogenated alkanes) is 1. The summed E-state index contributed by atoms with van der Waals surface area (Å²) in [5, 5.41) is 0.478. The van der Waals surface area contributed by atoms with Crippen molar-refractivity contribution in [2.45, 2.75) is 33.3 Å². The molecule has 1 aromatic heterocycles. The lowest BCUT2D eigenvalue weighted by atomic mass is 10.4. The molecular weight excluding hydrogens is 200 g/mol. The molecule has 1 rings (SSSR count). The largest absolute Gasteiger partial charge is 0.373 e. The van der Waals surface area contributed by atoms with Gasteiger partial charge >= 0.3 is 0 Å². The molecule has 0 amide bonds. The Morgan fingerprint density at radius 1 is 1.43 bits per heavy atom. The standard InChI is InChI=1S/C10H15ClN2O/c1-3-4-5-14-7-10-12-8(2)6-9(11)13-10/h6H,3-5,7H2,1-2H3. The molecule has 0 fully saturated rings. The Labute approximate surface area is 89.5 Å². The van der Waals surface area contributed by atoms with Gasteiger partial charge in [-0.15, -0.1) is 0 Å². The van der Waals surface area contributed by atoms with Crippen LogP contribution in [0.3, 0.4) is 0 Å². The molecule has 1 heterocycles. The molecular formula is C10H15ClN2O. The number of hydrogen-bond donors (Lipinski definition) is 0. The predicted octanol–water partition coefficient (Wildman–Crippen LogP) is 2.76. The average molecular weight is 215 g/mol. The van der Waals surface area contributed by atoms with Crippen LogP contribution in [0.25, 0.3) is 0 Å². The van der Waals surface area contributed by atoms with Crippen molar-refractivity contribution in [1.82, 2.24) is 9.97 Å². The van der Waals surface area contributed by atoms with Crippen molar-refractivity contribution in [3.05, 3.63) is 22.7 Å². The van der Waals surface area contributed by atoms with Gasteiger partial charge < -0.3 is 4.74 Å². The van der Waals surface area contributed by atoms with Crippen LogP contribution in [0.4, 0.5) is 0 Å². The van der Waals surface area contributed by atoms with Crippen LogP contribution in [0.5, 0.6) is 0 Å². The molecule has 0 radical (unpaired) electrons. The Morgan fingerprint density at radius 3 is 2.86 bits per heavy atom. The summed E-state index contributed by atoms with van der Waals surface area (Å²) >= 11 is 5.78. The van der Waals surface area contributed by atoms with Gasteiger partial charge in [0.1, 0.15) is 11.8 Å². The van der Waals surface area contributed by atoms with Gasteiger partial charge in [0.05, 0.1) is 0 Å². The predicted molar refractivity (Wildman–Crippen MR) is 56.3 cm³/mol. The van der Waals surface area contributed by atoms with Gasteiger partial charge in [0.15, 0.2) is 5.82 Å². The summed E-state index contributed by atoms with van der Waals surface area (Å²) < 4.78 is 5.39. The van der Waals surface area contributed by atoms with Crippen molar-refractivity contribution in [2.75, 3.05) is 6.61 Å². The first-order chi connectivity index (χ1) is 6.72. The highest BCUT2D eigenvalue weighted by Crippen LogP contribution is 2.07.